The molecular weight excluding hydrogens is 240 g/mol. The zero-order valence-corrected chi connectivity index (χ0v) is 12.6. The van der Waals surface area contributed by atoms with Gasteiger partial charge in [0.15, 0.2) is 0 Å². The number of nitrogens with zero attached hydrogens (tertiary/aromatic N) is 1. The summed E-state index contributed by atoms with van der Waals surface area (Å²) in [6.45, 7) is 8.39. The van der Waals surface area contributed by atoms with Gasteiger partial charge >= 0.3 is 5.97 Å². The fourth-order valence-electron chi connectivity index (χ4n) is 2.66. The Morgan fingerprint density at radius 2 is 2.00 bits per heavy atom. The molecule has 0 saturated heterocycles. The molecule has 0 spiro atoms. The second kappa shape index (κ2) is 6.23. The van der Waals surface area contributed by atoms with Gasteiger partial charge in [0.05, 0.1) is 6.61 Å². The van der Waals surface area contributed by atoms with Gasteiger partial charge in [-0.3, -0.25) is 15.0 Å². The van der Waals surface area contributed by atoms with E-state index in [0.717, 1.165) is 19.5 Å². The molecule has 0 aliphatic heterocycles. The summed E-state index contributed by atoms with van der Waals surface area (Å²) in [5.74, 6) is -0.0938. The molecule has 0 bridgehead atoms. The molecule has 1 N–H and O–H groups in total. The van der Waals surface area contributed by atoms with Crippen molar-refractivity contribution < 1.29 is 9.53 Å². The summed E-state index contributed by atoms with van der Waals surface area (Å²) >= 11 is 0. The number of rotatable bonds is 9. The number of hydrogen-bond donors (Lipinski definition) is 1. The fraction of sp³-hybridized carbons (Fsp3) is 0.933. The summed E-state index contributed by atoms with van der Waals surface area (Å²) in [4.78, 5) is 14.8. The lowest BCUT2D eigenvalue weighted by atomic mass is 10.0. The van der Waals surface area contributed by atoms with Gasteiger partial charge in [-0.2, -0.15) is 0 Å². The maximum Gasteiger partial charge on any atom is 0.327 e. The van der Waals surface area contributed by atoms with Crippen molar-refractivity contribution in [2.75, 3.05) is 19.7 Å². The van der Waals surface area contributed by atoms with Crippen LogP contribution in [0.4, 0.5) is 0 Å². The highest BCUT2D eigenvalue weighted by atomic mass is 16.5. The van der Waals surface area contributed by atoms with Crippen molar-refractivity contribution in [1.82, 2.24) is 10.2 Å². The van der Waals surface area contributed by atoms with Crippen LogP contribution >= 0.6 is 0 Å². The number of ether oxygens (including phenoxy) is 1. The van der Waals surface area contributed by atoms with E-state index in [9.17, 15) is 4.79 Å². The van der Waals surface area contributed by atoms with Gasteiger partial charge in [0.2, 0.25) is 0 Å². The van der Waals surface area contributed by atoms with Gasteiger partial charge in [0.1, 0.15) is 5.54 Å². The average molecular weight is 268 g/mol. The predicted octanol–water partition coefficient (Wildman–Crippen LogP) is 1.93. The summed E-state index contributed by atoms with van der Waals surface area (Å²) < 4.78 is 5.29. The molecule has 1 unspecified atom stereocenters. The molecule has 2 fully saturated rings. The van der Waals surface area contributed by atoms with E-state index >= 15 is 0 Å². The maximum atomic E-state index is 12.3. The number of hydrogen-bond acceptors (Lipinski definition) is 4. The number of carbonyl (C=O) groups is 1. The summed E-state index contributed by atoms with van der Waals surface area (Å²) in [5.41, 5.74) is -0.547. The summed E-state index contributed by atoms with van der Waals surface area (Å²) in [5, 5.41) is 3.51. The van der Waals surface area contributed by atoms with Crippen LogP contribution < -0.4 is 5.32 Å². The number of esters is 1. The summed E-state index contributed by atoms with van der Waals surface area (Å²) in [7, 11) is 0. The first kappa shape index (κ1) is 14.8. The Hall–Kier alpha value is -0.610. The maximum absolute atomic E-state index is 12.3. The Bertz CT molecular complexity index is 313. The zero-order valence-electron chi connectivity index (χ0n) is 12.6. The van der Waals surface area contributed by atoms with E-state index in [2.05, 4.69) is 17.1 Å². The molecule has 4 nitrogen and oxygen atoms in total. The Morgan fingerprint density at radius 1 is 1.32 bits per heavy atom. The van der Waals surface area contributed by atoms with Crippen molar-refractivity contribution in [2.45, 2.75) is 70.5 Å². The smallest absolute Gasteiger partial charge is 0.327 e. The molecule has 0 radical (unpaired) electrons. The van der Waals surface area contributed by atoms with E-state index in [4.69, 9.17) is 4.74 Å². The van der Waals surface area contributed by atoms with Crippen LogP contribution in [0, 0.1) is 0 Å². The highest BCUT2D eigenvalue weighted by Gasteiger charge is 2.43. The molecule has 0 aromatic heterocycles. The second-order valence-electron chi connectivity index (χ2n) is 6.17. The molecule has 2 aliphatic carbocycles. The Morgan fingerprint density at radius 3 is 2.47 bits per heavy atom. The fourth-order valence-corrected chi connectivity index (χ4v) is 2.66. The summed E-state index contributed by atoms with van der Waals surface area (Å²) in [6.07, 6.45) is 6.07. The first-order chi connectivity index (χ1) is 9.09. The normalized spacial score (nSPS) is 22.3. The molecule has 2 saturated carbocycles. The monoisotopic (exact) mass is 268 g/mol. The molecule has 0 aromatic rings. The van der Waals surface area contributed by atoms with Crippen LogP contribution in [0.5, 0.6) is 0 Å². The number of carbonyl (C=O) groups excluding carboxylic acids is 1. The first-order valence-electron chi connectivity index (χ1n) is 7.78. The van der Waals surface area contributed by atoms with Crippen molar-refractivity contribution in [3.63, 3.8) is 0 Å². The Labute approximate surface area is 116 Å². The van der Waals surface area contributed by atoms with E-state index in [1.165, 1.54) is 25.7 Å². The molecule has 1 atom stereocenters. The Balaban J connectivity index is 1.99. The number of nitrogens with one attached hydrogen (secondary N) is 1. The van der Waals surface area contributed by atoms with Crippen molar-refractivity contribution in [3.05, 3.63) is 0 Å². The van der Waals surface area contributed by atoms with Crippen molar-refractivity contribution in [3.8, 4) is 0 Å². The van der Waals surface area contributed by atoms with Gasteiger partial charge in [-0.05, 0) is 52.5 Å². The lowest BCUT2D eigenvalue weighted by Gasteiger charge is -2.34. The van der Waals surface area contributed by atoms with Crippen LogP contribution in [0.1, 0.15) is 52.9 Å². The molecule has 2 rings (SSSR count). The van der Waals surface area contributed by atoms with Crippen LogP contribution in [0.3, 0.4) is 0 Å². The zero-order chi connectivity index (χ0) is 13.9. The largest absolute Gasteiger partial charge is 0.465 e. The molecule has 0 amide bonds. The third kappa shape index (κ3) is 4.18. The minimum atomic E-state index is -0.547. The lowest BCUT2D eigenvalue weighted by molar-refractivity contribution is -0.151. The Kier molecular flexibility index (Phi) is 4.85. The minimum absolute atomic E-state index is 0.0938. The van der Waals surface area contributed by atoms with Gasteiger partial charge in [0.25, 0.3) is 0 Å². The second-order valence-corrected chi connectivity index (χ2v) is 6.17. The first-order valence-corrected chi connectivity index (χ1v) is 7.78. The molecular formula is C15H28N2O2. The molecule has 0 heterocycles. The summed E-state index contributed by atoms with van der Waals surface area (Å²) in [6, 6.07) is 1.20. The third-order valence-electron chi connectivity index (χ3n) is 3.92. The topological polar surface area (TPSA) is 41.6 Å². The van der Waals surface area contributed by atoms with Gasteiger partial charge in [-0.1, -0.05) is 6.92 Å². The minimum Gasteiger partial charge on any atom is -0.465 e. The molecule has 2 aliphatic rings. The van der Waals surface area contributed by atoms with Gasteiger partial charge in [0, 0.05) is 18.6 Å². The quantitative estimate of drug-likeness (QED) is 0.649. The van der Waals surface area contributed by atoms with Crippen LogP contribution in [0.25, 0.3) is 0 Å². The van der Waals surface area contributed by atoms with E-state index < -0.39 is 5.54 Å². The molecule has 19 heavy (non-hydrogen) atoms. The van der Waals surface area contributed by atoms with Crippen LogP contribution in [0.15, 0.2) is 0 Å². The van der Waals surface area contributed by atoms with Gasteiger partial charge < -0.3 is 4.74 Å². The third-order valence-corrected chi connectivity index (χ3v) is 3.92. The molecule has 110 valence electrons. The van der Waals surface area contributed by atoms with E-state index in [-0.39, 0.29) is 5.97 Å². The van der Waals surface area contributed by atoms with Crippen molar-refractivity contribution >= 4 is 5.97 Å². The highest BCUT2D eigenvalue weighted by Crippen LogP contribution is 2.30. The average Bonchev–Trinajstić information content (AvgIpc) is 3.23. The van der Waals surface area contributed by atoms with Gasteiger partial charge in [-0.15, -0.1) is 0 Å². The SMILES string of the molecule is CCCN(CC(C)(NC1CC1)C(=O)OCC)C1CC1. The van der Waals surface area contributed by atoms with Crippen molar-refractivity contribution in [2.24, 2.45) is 0 Å². The molecule has 0 aromatic carbocycles. The van der Waals surface area contributed by atoms with Crippen LogP contribution in [-0.2, 0) is 9.53 Å². The van der Waals surface area contributed by atoms with E-state index in [1.807, 2.05) is 13.8 Å². The van der Waals surface area contributed by atoms with Crippen LogP contribution in [-0.4, -0.2) is 48.2 Å². The predicted molar refractivity (Wildman–Crippen MR) is 76.1 cm³/mol. The van der Waals surface area contributed by atoms with Crippen molar-refractivity contribution in [1.29, 1.82) is 0 Å². The lowest BCUT2D eigenvalue weighted by Crippen LogP contribution is -2.58. The van der Waals surface area contributed by atoms with Gasteiger partial charge in [-0.25, -0.2) is 0 Å². The molecule has 4 heteroatoms. The van der Waals surface area contributed by atoms with Crippen LogP contribution in [0.2, 0.25) is 0 Å². The van der Waals surface area contributed by atoms with E-state index in [1.54, 1.807) is 0 Å². The van der Waals surface area contributed by atoms with E-state index in [0.29, 0.717) is 18.7 Å². The standard InChI is InChI=1S/C15H28N2O2/c1-4-10-17(13-8-9-13)11-15(3,14(18)19-5-2)16-12-6-7-12/h12-13,16H,4-11H2,1-3H3. The highest BCUT2D eigenvalue weighted by molar-refractivity contribution is 5.80.